The minimum absolute atomic E-state index is 0.283. The number of para-hydroxylation sites is 1. The van der Waals surface area contributed by atoms with Crippen molar-refractivity contribution in [1.29, 1.82) is 0 Å². The largest absolute Gasteiger partial charge is 0.465 e. The number of halogens is 1. The third-order valence-corrected chi connectivity index (χ3v) is 4.90. The number of anilines is 1. The molecule has 1 heterocycles. The average molecular weight is 433 g/mol. The van der Waals surface area contributed by atoms with Crippen LogP contribution in [0.2, 0.25) is 5.02 Å². The van der Waals surface area contributed by atoms with Crippen molar-refractivity contribution in [2.24, 2.45) is 0 Å². The van der Waals surface area contributed by atoms with E-state index >= 15 is 0 Å². The number of amides is 1. The van der Waals surface area contributed by atoms with Crippen molar-refractivity contribution in [3.05, 3.63) is 95.1 Å². The number of ether oxygens (including phenoxy) is 1. The molecule has 0 fully saturated rings. The first-order valence-electron chi connectivity index (χ1n) is 9.32. The Kier molecular flexibility index (Phi) is 5.77. The average Bonchev–Trinajstić information content (AvgIpc) is 3.29. The molecule has 154 valence electrons. The van der Waals surface area contributed by atoms with Crippen LogP contribution in [-0.2, 0) is 4.74 Å². The van der Waals surface area contributed by atoms with Crippen LogP contribution in [0.15, 0.2) is 79.0 Å². The molecule has 0 unspecified atom stereocenters. The van der Waals surface area contributed by atoms with E-state index in [4.69, 9.17) is 16.3 Å². The lowest BCUT2D eigenvalue weighted by Crippen LogP contribution is -2.15. The maximum atomic E-state index is 12.7. The maximum Gasteiger partial charge on any atom is 0.339 e. The maximum absolute atomic E-state index is 12.7. The number of carbonyl (C=O) groups is 2. The Bertz CT molecular complexity index is 1230. The highest BCUT2D eigenvalue weighted by Crippen LogP contribution is 2.24. The van der Waals surface area contributed by atoms with Crippen molar-refractivity contribution in [2.45, 2.75) is 0 Å². The molecule has 7 nitrogen and oxygen atoms in total. The van der Waals surface area contributed by atoms with Gasteiger partial charge in [0.05, 0.1) is 35.9 Å². The molecule has 4 aromatic rings. The smallest absolute Gasteiger partial charge is 0.339 e. The molecule has 0 spiro atoms. The van der Waals surface area contributed by atoms with E-state index in [2.05, 4.69) is 15.6 Å². The molecule has 1 amide bonds. The van der Waals surface area contributed by atoms with Crippen LogP contribution >= 0.6 is 11.6 Å². The summed E-state index contributed by atoms with van der Waals surface area (Å²) < 4.78 is 6.44. The SMILES string of the molecule is COC(=O)c1ccccc1NC(=O)c1ccc(-n2nncc2-c2ccc(Cl)cc2)cc1. The van der Waals surface area contributed by atoms with Gasteiger partial charge in [-0.05, 0) is 48.5 Å². The van der Waals surface area contributed by atoms with Crippen molar-refractivity contribution in [3.63, 3.8) is 0 Å². The summed E-state index contributed by atoms with van der Waals surface area (Å²) in [5.41, 5.74) is 3.54. The fraction of sp³-hybridized carbons (Fsp3) is 0.0435. The molecule has 0 saturated carbocycles. The van der Waals surface area contributed by atoms with Gasteiger partial charge < -0.3 is 10.1 Å². The van der Waals surface area contributed by atoms with Crippen molar-refractivity contribution in [1.82, 2.24) is 15.0 Å². The van der Waals surface area contributed by atoms with Gasteiger partial charge in [-0.1, -0.05) is 41.1 Å². The minimum atomic E-state index is -0.521. The molecule has 1 N–H and O–H groups in total. The lowest BCUT2D eigenvalue weighted by atomic mass is 10.1. The van der Waals surface area contributed by atoms with Crippen LogP contribution in [0, 0.1) is 0 Å². The predicted octanol–water partition coefficient (Wildman–Crippen LogP) is 4.63. The monoisotopic (exact) mass is 432 g/mol. The van der Waals surface area contributed by atoms with Crippen LogP contribution in [0.25, 0.3) is 16.9 Å². The summed E-state index contributed by atoms with van der Waals surface area (Å²) in [4.78, 5) is 24.6. The van der Waals surface area contributed by atoms with Gasteiger partial charge in [-0.3, -0.25) is 4.79 Å². The molecule has 31 heavy (non-hydrogen) atoms. The number of nitrogens with zero attached hydrogens (tertiary/aromatic N) is 3. The van der Waals surface area contributed by atoms with Gasteiger partial charge in [-0.15, -0.1) is 5.10 Å². The van der Waals surface area contributed by atoms with Crippen LogP contribution in [0.4, 0.5) is 5.69 Å². The molecule has 4 rings (SSSR count). The van der Waals surface area contributed by atoms with Crippen molar-refractivity contribution < 1.29 is 14.3 Å². The Hall–Kier alpha value is -3.97. The van der Waals surface area contributed by atoms with Gasteiger partial charge in [0.2, 0.25) is 0 Å². The predicted molar refractivity (Wildman–Crippen MR) is 118 cm³/mol. The van der Waals surface area contributed by atoms with Gasteiger partial charge >= 0.3 is 5.97 Å². The van der Waals surface area contributed by atoms with Crippen molar-refractivity contribution in [3.8, 4) is 16.9 Å². The van der Waals surface area contributed by atoms with Gasteiger partial charge in [-0.25, -0.2) is 9.48 Å². The van der Waals surface area contributed by atoms with E-state index in [0.717, 1.165) is 16.9 Å². The summed E-state index contributed by atoms with van der Waals surface area (Å²) in [6.45, 7) is 0. The van der Waals surface area contributed by atoms with Crippen LogP contribution in [0.1, 0.15) is 20.7 Å². The summed E-state index contributed by atoms with van der Waals surface area (Å²) in [5.74, 6) is -0.869. The highest BCUT2D eigenvalue weighted by Gasteiger charge is 2.15. The molecule has 8 heteroatoms. The summed E-state index contributed by atoms with van der Waals surface area (Å²) in [6, 6.07) is 20.9. The summed E-state index contributed by atoms with van der Waals surface area (Å²) in [6.07, 6.45) is 1.66. The Labute approximate surface area is 183 Å². The lowest BCUT2D eigenvalue weighted by molar-refractivity contribution is 0.0602. The van der Waals surface area contributed by atoms with Crippen LogP contribution in [-0.4, -0.2) is 34.0 Å². The quantitative estimate of drug-likeness (QED) is 0.465. The number of rotatable bonds is 5. The first-order valence-corrected chi connectivity index (χ1v) is 9.70. The Morgan fingerprint density at radius 3 is 2.39 bits per heavy atom. The normalized spacial score (nSPS) is 10.5. The van der Waals surface area contributed by atoms with Gasteiger partial charge in [0.1, 0.15) is 0 Å². The van der Waals surface area contributed by atoms with Gasteiger partial charge in [0, 0.05) is 16.1 Å². The van der Waals surface area contributed by atoms with E-state index in [-0.39, 0.29) is 11.5 Å². The number of nitrogens with one attached hydrogen (secondary N) is 1. The van der Waals surface area contributed by atoms with E-state index in [1.54, 1.807) is 71.5 Å². The van der Waals surface area contributed by atoms with Crippen molar-refractivity contribution in [2.75, 3.05) is 12.4 Å². The van der Waals surface area contributed by atoms with E-state index < -0.39 is 5.97 Å². The molecule has 0 saturated heterocycles. The third kappa shape index (κ3) is 4.31. The zero-order valence-corrected chi connectivity index (χ0v) is 17.2. The van der Waals surface area contributed by atoms with Gasteiger partial charge in [0.25, 0.3) is 5.91 Å². The first kappa shape index (κ1) is 20.3. The first-order chi connectivity index (χ1) is 15.1. The number of benzene rings is 3. The summed E-state index contributed by atoms with van der Waals surface area (Å²) in [7, 11) is 1.29. The number of esters is 1. The lowest BCUT2D eigenvalue weighted by Gasteiger charge is -2.10. The highest BCUT2D eigenvalue weighted by molar-refractivity contribution is 6.30. The van der Waals surface area contributed by atoms with Gasteiger partial charge in [0.15, 0.2) is 0 Å². The zero-order chi connectivity index (χ0) is 21.8. The van der Waals surface area contributed by atoms with Crippen LogP contribution in [0.5, 0.6) is 0 Å². The number of hydrogen-bond acceptors (Lipinski definition) is 5. The third-order valence-electron chi connectivity index (χ3n) is 4.64. The molecule has 0 radical (unpaired) electrons. The molecule has 0 atom stereocenters. The Morgan fingerprint density at radius 1 is 0.968 bits per heavy atom. The van der Waals surface area contributed by atoms with E-state index in [0.29, 0.717) is 16.3 Å². The van der Waals surface area contributed by atoms with E-state index in [1.165, 1.54) is 7.11 Å². The second kappa shape index (κ2) is 8.81. The molecular formula is C23H17ClN4O3. The zero-order valence-electron chi connectivity index (χ0n) is 16.4. The molecule has 0 aliphatic carbocycles. The topological polar surface area (TPSA) is 86.1 Å². The molecule has 3 aromatic carbocycles. The Balaban J connectivity index is 1.56. The minimum Gasteiger partial charge on any atom is -0.465 e. The van der Waals surface area contributed by atoms with Gasteiger partial charge in [-0.2, -0.15) is 0 Å². The molecular weight excluding hydrogens is 416 g/mol. The van der Waals surface area contributed by atoms with Crippen molar-refractivity contribution >= 4 is 29.2 Å². The van der Waals surface area contributed by atoms with E-state index in [9.17, 15) is 9.59 Å². The summed E-state index contributed by atoms with van der Waals surface area (Å²) in [5, 5.41) is 11.5. The molecule has 0 aliphatic heterocycles. The second-order valence-electron chi connectivity index (χ2n) is 6.58. The number of hydrogen-bond donors (Lipinski definition) is 1. The van der Waals surface area contributed by atoms with Crippen LogP contribution in [0.3, 0.4) is 0 Å². The van der Waals surface area contributed by atoms with Crippen LogP contribution < -0.4 is 5.32 Å². The number of carbonyl (C=O) groups excluding carboxylic acids is 2. The number of aromatic nitrogens is 3. The van der Waals surface area contributed by atoms with E-state index in [1.807, 2.05) is 12.1 Å². The Morgan fingerprint density at radius 2 is 1.68 bits per heavy atom. The second-order valence-corrected chi connectivity index (χ2v) is 7.01. The highest BCUT2D eigenvalue weighted by atomic mass is 35.5. The molecule has 0 bridgehead atoms. The number of methoxy groups -OCH3 is 1. The molecule has 0 aliphatic rings. The fourth-order valence-electron chi connectivity index (χ4n) is 3.07. The standard InChI is InChI=1S/C23H17ClN4O3/c1-31-23(30)19-4-2-3-5-20(19)26-22(29)16-8-12-18(13-9-16)28-21(14-25-27-28)15-6-10-17(24)11-7-15/h2-14H,1H3,(H,26,29). The molecule has 1 aromatic heterocycles. The summed E-state index contributed by atoms with van der Waals surface area (Å²) >= 11 is 5.97. The fourth-order valence-corrected chi connectivity index (χ4v) is 3.20.